The van der Waals surface area contributed by atoms with Crippen molar-refractivity contribution in [1.82, 2.24) is 0 Å². The lowest BCUT2D eigenvalue weighted by Gasteiger charge is -2.09. The van der Waals surface area contributed by atoms with Crippen LogP contribution < -0.4 is 4.74 Å². The van der Waals surface area contributed by atoms with Crippen molar-refractivity contribution in [2.24, 2.45) is 0 Å². The second kappa shape index (κ2) is 5.85. The van der Waals surface area contributed by atoms with E-state index in [4.69, 9.17) is 10.00 Å². The number of rotatable bonds is 4. The highest BCUT2D eigenvalue weighted by atomic mass is 16.5. The third-order valence-electron chi connectivity index (χ3n) is 2.59. The summed E-state index contributed by atoms with van der Waals surface area (Å²) in [5.74, 6) is 0.669. The summed E-state index contributed by atoms with van der Waals surface area (Å²) < 4.78 is 5.64. The minimum absolute atomic E-state index is 0.0472. The molecule has 0 spiro atoms. The average Bonchev–Trinajstić information content (AvgIpc) is 2.45. The highest BCUT2D eigenvalue weighted by Gasteiger charge is 2.02. The van der Waals surface area contributed by atoms with Crippen molar-refractivity contribution in [2.75, 3.05) is 0 Å². The Balaban J connectivity index is 2.09. The quantitative estimate of drug-likeness (QED) is 0.892. The van der Waals surface area contributed by atoms with Crippen molar-refractivity contribution < 1.29 is 9.84 Å². The summed E-state index contributed by atoms with van der Waals surface area (Å²) in [6, 6.07) is 16.7. The molecule has 0 aliphatic rings. The maximum atomic E-state index is 9.17. The number of nitriles is 1. The Morgan fingerprint density at radius 3 is 2.72 bits per heavy atom. The highest BCUT2D eigenvalue weighted by molar-refractivity contribution is 5.35. The van der Waals surface area contributed by atoms with Gasteiger partial charge in [-0.1, -0.05) is 30.3 Å². The van der Waals surface area contributed by atoms with Gasteiger partial charge >= 0.3 is 0 Å². The molecule has 0 aromatic heterocycles. The van der Waals surface area contributed by atoms with E-state index in [1.807, 2.05) is 36.4 Å². The standard InChI is InChI=1S/C15H13NO2/c16-9-12-4-3-5-13(8-12)11-18-15-7-2-1-6-14(15)10-17/h1-8,17H,10-11H2. The van der Waals surface area contributed by atoms with E-state index in [1.54, 1.807) is 12.1 Å². The topological polar surface area (TPSA) is 53.2 Å². The van der Waals surface area contributed by atoms with Gasteiger partial charge in [-0.3, -0.25) is 0 Å². The summed E-state index contributed by atoms with van der Waals surface area (Å²) in [7, 11) is 0. The predicted octanol–water partition coefficient (Wildman–Crippen LogP) is 2.63. The van der Waals surface area contributed by atoms with E-state index in [0.717, 1.165) is 11.1 Å². The van der Waals surface area contributed by atoms with Gasteiger partial charge in [0.05, 0.1) is 18.2 Å². The molecule has 2 rings (SSSR count). The molecular weight excluding hydrogens is 226 g/mol. The number of hydrogen-bond acceptors (Lipinski definition) is 3. The van der Waals surface area contributed by atoms with Crippen LogP contribution in [0.5, 0.6) is 5.75 Å². The lowest BCUT2D eigenvalue weighted by molar-refractivity contribution is 0.259. The fourth-order valence-corrected chi connectivity index (χ4v) is 1.67. The van der Waals surface area contributed by atoms with E-state index >= 15 is 0 Å². The largest absolute Gasteiger partial charge is 0.489 e. The molecule has 0 saturated heterocycles. The Hall–Kier alpha value is -2.31. The van der Waals surface area contributed by atoms with Crippen LogP contribution in [0.4, 0.5) is 0 Å². The molecule has 0 aliphatic heterocycles. The Morgan fingerprint density at radius 2 is 1.94 bits per heavy atom. The van der Waals surface area contributed by atoms with Gasteiger partial charge in [0.25, 0.3) is 0 Å². The molecule has 18 heavy (non-hydrogen) atoms. The zero-order valence-corrected chi connectivity index (χ0v) is 9.84. The Kier molecular flexibility index (Phi) is 3.95. The van der Waals surface area contributed by atoms with Crippen molar-refractivity contribution in [3.8, 4) is 11.8 Å². The van der Waals surface area contributed by atoms with Crippen LogP contribution in [0.1, 0.15) is 16.7 Å². The second-order valence-corrected chi connectivity index (χ2v) is 3.87. The second-order valence-electron chi connectivity index (χ2n) is 3.87. The van der Waals surface area contributed by atoms with E-state index < -0.39 is 0 Å². The van der Waals surface area contributed by atoms with Crippen LogP contribution in [0.3, 0.4) is 0 Å². The molecule has 0 aliphatic carbocycles. The normalized spacial score (nSPS) is 9.78. The molecule has 3 heteroatoms. The first-order valence-electron chi connectivity index (χ1n) is 5.64. The molecule has 0 saturated carbocycles. The molecule has 1 N–H and O–H groups in total. The molecule has 0 radical (unpaired) electrons. The molecule has 2 aromatic rings. The molecule has 90 valence electrons. The summed E-state index contributed by atoms with van der Waals surface area (Å²) in [4.78, 5) is 0. The predicted molar refractivity (Wildman–Crippen MR) is 67.9 cm³/mol. The van der Waals surface area contributed by atoms with E-state index in [1.165, 1.54) is 0 Å². The maximum Gasteiger partial charge on any atom is 0.125 e. The summed E-state index contributed by atoms with van der Waals surface area (Å²) in [6.07, 6.45) is 0. The fraction of sp³-hybridized carbons (Fsp3) is 0.133. The summed E-state index contributed by atoms with van der Waals surface area (Å²) in [5.41, 5.74) is 2.31. The smallest absolute Gasteiger partial charge is 0.125 e. The molecular formula is C15H13NO2. The molecule has 2 aromatic carbocycles. The van der Waals surface area contributed by atoms with Crippen LogP contribution in [-0.2, 0) is 13.2 Å². The SMILES string of the molecule is N#Cc1cccc(COc2ccccc2CO)c1. The minimum atomic E-state index is -0.0472. The van der Waals surface area contributed by atoms with Crippen LogP contribution >= 0.6 is 0 Å². The van der Waals surface area contributed by atoms with Gasteiger partial charge in [0, 0.05) is 5.56 Å². The lowest BCUT2D eigenvalue weighted by Crippen LogP contribution is -1.98. The summed E-state index contributed by atoms with van der Waals surface area (Å²) >= 11 is 0. The molecule has 0 atom stereocenters. The third kappa shape index (κ3) is 2.88. The number of aliphatic hydroxyl groups is 1. The van der Waals surface area contributed by atoms with E-state index in [2.05, 4.69) is 6.07 Å². The first kappa shape index (κ1) is 12.2. The van der Waals surface area contributed by atoms with Crippen LogP contribution in [0.15, 0.2) is 48.5 Å². The third-order valence-corrected chi connectivity index (χ3v) is 2.59. The van der Waals surface area contributed by atoms with E-state index in [-0.39, 0.29) is 6.61 Å². The number of para-hydroxylation sites is 1. The van der Waals surface area contributed by atoms with Crippen LogP contribution in [0.2, 0.25) is 0 Å². The summed E-state index contributed by atoms with van der Waals surface area (Å²) in [5, 5.41) is 18.0. The van der Waals surface area contributed by atoms with Gasteiger partial charge in [-0.2, -0.15) is 5.26 Å². The monoisotopic (exact) mass is 239 g/mol. The Morgan fingerprint density at radius 1 is 1.11 bits per heavy atom. The summed E-state index contributed by atoms with van der Waals surface area (Å²) in [6.45, 7) is 0.334. The van der Waals surface area contributed by atoms with E-state index in [0.29, 0.717) is 17.9 Å². The minimum Gasteiger partial charge on any atom is -0.489 e. The number of ether oxygens (including phenoxy) is 1. The fourth-order valence-electron chi connectivity index (χ4n) is 1.67. The van der Waals surface area contributed by atoms with Gasteiger partial charge in [-0.25, -0.2) is 0 Å². The van der Waals surface area contributed by atoms with Gasteiger partial charge in [0.2, 0.25) is 0 Å². The molecule has 0 bridgehead atoms. The Bertz CT molecular complexity index is 573. The number of hydrogen-bond donors (Lipinski definition) is 1. The number of aliphatic hydroxyl groups excluding tert-OH is 1. The first-order valence-corrected chi connectivity index (χ1v) is 5.64. The molecule has 0 unspecified atom stereocenters. The van der Waals surface area contributed by atoms with Gasteiger partial charge in [0.15, 0.2) is 0 Å². The van der Waals surface area contributed by atoms with Crippen molar-refractivity contribution in [2.45, 2.75) is 13.2 Å². The zero-order chi connectivity index (χ0) is 12.8. The van der Waals surface area contributed by atoms with Gasteiger partial charge in [-0.15, -0.1) is 0 Å². The molecule has 0 amide bonds. The highest BCUT2D eigenvalue weighted by Crippen LogP contribution is 2.19. The van der Waals surface area contributed by atoms with Crippen LogP contribution in [0, 0.1) is 11.3 Å². The van der Waals surface area contributed by atoms with Crippen LogP contribution in [-0.4, -0.2) is 5.11 Å². The van der Waals surface area contributed by atoms with Crippen molar-refractivity contribution in [3.63, 3.8) is 0 Å². The average molecular weight is 239 g/mol. The van der Waals surface area contributed by atoms with Gasteiger partial charge < -0.3 is 9.84 Å². The molecule has 0 fully saturated rings. The van der Waals surface area contributed by atoms with E-state index in [9.17, 15) is 5.11 Å². The first-order chi connectivity index (χ1) is 8.83. The lowest BCUT2D eigenvalue weighted by atomic mass is 10.1. The van der Waals surface area contributed by atoms with Gasteiger partial charge in [0.1, 0.15) is 12.4 Å². The zero-order valence-electron chi connectivity index (χ0n) is 9.84. The Labute approximate surface area is 106 Å². The maximum absolute atomic E-state index is 9.17. The number of nitrogens with zero attached hydrogens (tertiary/aromatic N) is 1. The van der Waals surface area contributed by atoms with Crippen LogP contribution in [0.25, 0.3) is 0 Å². The van der Waals surface area contributed by atoms with Crippen molar-refractivity contribution >= 4 is 0 Å². The molecule has 0 heterocycles. The van der Waals surface area contributed by atoms with Gasteiger partial charge in [-0.05, 0) is 23.8 Å². The van der Waals surface area contributed by atoms with Crippen molar-refractivity contribution in [1.29, 1.82) is 5.26 Å². The number of benzene rings is 2. The van der Waals surface area contributed by atoms with Crippen molar-refractivity contribution in [3.05, 3.63) is 65.2 Å². The molecule has 3 nitrogen and oxygen atoms in total.